The summed E-state index contributed by atoms with van der Waals surface area (Å²) in [6, 6.07) is 7.26. The minimum Gasteiger partial charge on any atom is -0.497 e. The van der Waals surface area contributed by atoms with Gasteiger partial charge in [-0.25, -0.2) is 0 Å². The number of nitrogens with zero attached hydrogens (tertiary/aromatic N) is 1. The molecule has 0 saturated carbocycles. The Kier molecular flexibility index (Phi) is 4.95. The summed E-state index contributed by atoms with van der Waals surface area (Å²) < 4.78 is 43.4. The fourth-order valence-corrected chi connectivity index (χ4v) is 2.19. The number of amidine groups is 1. The predicted molar refractivity (Wildman–Crippen MR) is 78.6 cm³/mol. The molecule has 1 aliphatic rings. The number of allylic oxidation sites excluding steroid dienone is 1. The molecule has 120 valence electrons. The van der Waals surface area contributed by atoms with Crippen LogP contribution in [0.4, 0.5) is 13.2 Å². The van der Waals surface area contributed by atoms with Gasteiger partial charge in [-0.3, -0.25) is 4.99 Å². The number of rotatable bonds is 3. The molecule has 0 amide bonds. The Bertz CT molecular complexity index is 577. The summed E-state index contributed by atoms with van der Waals surface area (Å²) in [5, 5.41) is 2.95. The Morgan fingerprint density at radius 3 is 2.59 bits per heavy atom. The highest BCUT2D eigenvalue weighted by molar-refractivity contribution is 5.99. The van der Waals surface area contributed by atoms with Crippen molar-refractivity contribution in [2.75, 3.05) is 13.7 Å². The number of nitrogens with two attached hydrogens (primary N) is 1. The van der Waals surface area contributed by atoms with Crippen molar-refractivity contribution >= 4 is 5.84 Å². The molecule has 0 atom stereocenters. The van der Waals surface area contributed by atoms with Gasteiger partial charge in [0.15, 0.2) is 0 Å². The Balaban J connectivity index is 2.11. The van der Waals surface area contributed by atoms with Crippen LogP contribution in [0.1, 0.15) is 18.4 Å². The minimum absolute atomic E-state index is 0.0484. The number of ether oxygens (including phenoxy) is 1. The van der Waals surface area contributed by atoms with Crippen LogP contribution < -0.4 is 15.8 Å². The van der Waals surface area contributed by atoms with Crippen LogP contribution in [0.15, 0.2) is 40.5 Å². The molecule has 0 aromatic heterocycles. The van der Waals surface area contributed by atoms with E-state index < -0.39 is 11.9 Å². The molecular weight excluding hydrogens is 295 g/mol. The van der Waals surface area contributed by atoms with Crippen LogP contribution in [0.25, 0.3) is 0 Å². The first-order valence-corrected chi connectivity index (χ1v) is 6.89. The lowest BCUT2D eigenvalue weighted by Gasteiger charge is -2.21. The van der Waals surface area contributed by atoms with E-state index in [1.807, 2.05) is 12.1 Å². The molecule has 22 heavy (non-hydrogen) atoms. The molecule has 2 rings (SSSR count). The predicted octanol–water partition coefficient (Wildman–Crippen LogP) is 2.75. The summed E-state index contributed by atoms with van der Waals surface area (Å²) in [5.74, 6) is 0.956. The standard InChI is InChI=1S/C15H18F3N3O/c1-22-11-6-4-10(5-7-11)9-21-14-12(3-2-8-20-14)13(19)15(16,17)18/h4-7H,2-3,8-9,19H2,1H3,(H,20,21)/b13-12-. The first-order chi connectivity index (χ1) is 10.4. The smallest absolute Gasteiger partial charge is 0.431 e. The van der Waals surface area contributed by atoms with Gasteiger partial charge in [0.25, 0.3) is 0 Å². The molecule has 7 heteroatoms. The Hall–Kier alpha value is -2.18. The van der Waals surface area contributed by atoms with E-state index in [2.05, 4.69) is 10.3 Å². The van der Waals surface area contributed by atoms with Crippen molar-refractivity contribution in [3.8, 4) is 5.75 Å². The van der Waals surface area contributed by atoms with Gasteiger partial charge in [-0.15, -0.1) is 0 Å². The molecule has 1 heterocycles. The molecule has 0 spiro atoms. The molecule has 0 aliphatic carbocycles. The summed E-state index contributed by atoms with van der Waals surface area (Å²) in [6.45, 7) is 0.872. The zero-order valence-corrected chi connectivity index (χ0v) is 12.2. The third kappa shape index (κ3) is 3.93. The third-order valence-corrected chi connectivity index (χ3v) is 3.39. The van der Waals surface area contributed by atoms with Gasteiger partial charge in [0.05, 0.1) is 7.11 Å². The largest absolute Gasteiger partial charge is 0.497 e. The lowest BCUT2D eigenvalue weighted by atomic mass is 10.0. The Labute approximate surface area is 126 Å². The molecule has 0 unspecified atom stereocenters. The zero-order valence-electron chi connectivity index (χ0n) is 12.2. The first-order valence-electron chi connectivity index (χ1n) is 6.89. The van der Waals surface area contributed by atoms with E-state index in [4.69, 9.17) is 10.5 Å². The van der Waals surface area contributed by atoms with Crippen LogP contribution in [0.5, 0.6) is 5.75 Å². The highest BCUT2D eigenvalue weighted by Crippen LogP contribution is 2.27. The van der Waals surface area contributed by atoms with Crippen LogP contribution in [0, 0.1) is 0 Å². The molecule has 0 radical (unpaired) electrons. The summed E-state index contributed by atoms with van der Waals surface area (Å²) in [5.41, 5.74) is 5.14. The van der Waals surface area contributed by atoms with E-state index in [0.29, 0.717) is 19.5 Å². The number of nitrogens with one attached hydrogen (secondary N) is 1. The van der Waals surface area contributed by atoms with E-state index in [-0.39, 0.29) is 17.8 Å². The molecular formula is C15H18F3N3O. The normalized spacial score (nSPS) is 17.7. The van der Waals surface area contributed by atoms with Gasteiger partial charge in [0, 0.05) is 18.7 Å². The molecule has 1 aromatic carbocycles. The van der Waals surface area contributed by atoms with Crippen molar-refractivity contribution in [2.45, 2.75) is 25.6 Å². The summed E-state index contributed by atoms with van der Waals surface area (Å²) in [4.78, 5) is 4.14. The molecule has 1 aliphatic heterocycles. The van der Waals surface area contributed by atoms with Crippen molar-refractivity contribution in [1.29, 1.82) is 0 Å². The Morgan fingerprint density at radius 1 is 1.32 bits per heavy atom. The average molecular weight is 313 g/mol. The van der Waals surface area contributed by atoms with Gasteiger partial charge in [0.1, 0.15) is 17.3 Å². The maximum Gasteiger partial charge on any atom is 0.431 e. The van der Waals surface area contributed by atoms with E-state index in [1.54, 1.807) is 19.2 Å². The summed E-state index contributed by atoms with van der Waals surface area (Å²) in [6.07, 6.45) is -3.69. The molecule has 3 N–H and O–H groups in total. The fraction of sp³-hybridized carbons (Fsp3) is 0.400. The van der Waals surface area contributed by atoms with Gasteiger partial charge in [-0.1, -0.05) is 12.1 Å². The quantitative estimate of drug-likeness (QED) is 0.902. The summed E-state index contributed by atoms with van der Waals surface area (Å²) >= 11 is 0. The average Bonchev–Trinajstić information content (AvgIpc) is 2.52. The second kappa shape index (κ2) is 6.72. The number of halogens is 3. The van der Waals surface area contributed by atoms with E-state index >= 15 is 0 Å². The van der Waals surface area contributed by atoms with Gasteiger partial charge < -0.3 is 15.8 Å². The number of methoxy groups -OCH3 is 1. The molecule has 0 fully saturated rings. The number of hydrogen-bond donors (Lipinski definition) is 2. The van der Waals surface area contributed by atoms with E-state index in [9.17, 15) is 13.2 Å². The van der Waals surface area contributed by atoms with Crippen LogP contribution >= 0.6 is 0 Å². The molecule has 1 aromatic rings. The van der Waals surface area contributed by atoms with E-state index in [1.165, 1.54) is 0 Å². The monoisotopic (exact) mass is 313 g/mol. The third-order valence-electron chi connectivity index (χ3n) is 3.39. The maximum absolute atomic E-state index is 12.8. The van der Waals surface area contributed by atoms with Crippen molar-refractivity contribution in [1.82, 2.24) is 5.32 Å². The maximum atomic E-state index is 12.8. The second-order valence-electron chi connectivity index (χ2n) is 4.93. The van der Waals surface area contributed by atoms with Crippen molar-refractivity contribution < 1.29 is 17.9 Å². The number of aliphatic imine (C=N–C) groups is 1. The highest BCUT2D eigenvalue weighted by atomic mass is 19.4. The SMILES string of the molecule is COc1ccc(CNC2=NCCC/C2=C(/N)C(F)(F)F)cc1. The van der Waals surface area contributed by atoms with Crippen LogP contribution in [0.2, 0.25) is 0 Å². The van der Waals surface area contributed by atoms with Gasteiger partial charge in [-0.05, 0) is 30.5 Å². The van der Waals surface area contributed by atoms with Gasteiger partial charge in [0.2, 0.25) is 0 Å². The van der Waals surface area contributed by atoms with Crippen LogP contribution in [-0.4, -0.2) is 25.7 Å². The van der Waals surface area contributed by atoms with Crippen molar-refractivity contribution in [3.05, 3.63) is 41.1 Å². The second-order valence-corrected chi connectivity index (χ2v) is 4.93. The van der Waals surface area contributed by atoms with Crippen LogP contribution in [-0.2, 0) is 6.54 Å². The van der Waals surface area contributed by atoms with E-state index in [0.717, 1.165) is 11.3 Å². The highest BCUT2D eigenvalue weighted by Gasteiger charge is 2.35. The van der Waals surface area contributed by atoms with Gasteiger partial charge in [-0.2, -0.15) is 13.2 Å². The van der Waals surface area contributed by atoms with Crippen molar-refractivity contribution in [3.63, 3.8) is 0 Å². The number of hydrogen-bond acceptors (Lipinski definition) is 4. The molecule has 0 saturated heterocycles. The number of benzene rings is 1. The number of alkyl halides is 3. The van der Waals surface area contributed by atoms with Gasteiger partial charge >= 0.3 is 6.18 Å². The summed E-state index contributed by atoms with van der Waals surface area (Å²) in [7, 11) is 1.57. The Morgan fingerprint density at radius 2 is 2.00 bits per heavy atom. The fourth-order valence-electron chi connectivity index (χ4n) is 2.19. The molecule has 4 nitrogen and oxygen atoms in total. The lowest BCUT2D eigenvalue weighted by Crippen LogP contribution is -2.33. The minimum atomic E-state index is -4.53. The van der Waals surface area contributed by atoms with Crippen molar-refractivity contribution in [2.24, 2.45) is 10.7 Å². The zero-order chi connectivity index (χ0) is 16.2. The topological polar surface area (TPSA) is 59.6 Å². The first kappa shape index (κ1) is 16.2. The van der Waals surface area contributed by atoms with Crippen LogP contribution in [0.3, 0.4) is 0 Å². The molecule has 0 bridgehead atoms. The lowest BCUT2D eigenvalue weighted by molar-refractivity contribution is -0.0933.